The van der Waals surface area contributed by atoms with E-state index in [9.17, 15) is 9.59 Å². The zero-order valence-electron chi connectivity index (χ0n) is 11.5. The van der Waals surface area contributed by atoms with Crippen molar-refractivity contribution in [1.82, 2.24) is 10.6 Å². The zero-order chi connectivity index (χ0) is 14.3. The van der Waals surface area contributed by atoms with Gasteiger partial charge in [0.05, 0.1) is 13.2 Å². The Morgan fingerprint density at radius 1 is 1.26 bits per heavy atom. The lowest BCUT2D eigenvalue weighted by Gasteiger charge is -2.19. The Morgan fingerprint density at radius 3 is 2.42 bits per heavy atom. The van der Waals surface area contributed by atoms with Crippen LogP contribution >= 0.6 is 0 Å². The Balaban J connectivity index is 2.73. The second-order valence-electron chi connectivity index (χ2n) is 4.28. The molecule has 0 aliphatic heterocycles. The minimum absolute atomic E-state index is 0.228. The lowest BCUT2D eigenvalue weighted by Crippen LogP contribution is -2.49. The van der Waals surface area contributed by atoms with Gasteiger partial charge < -0.3 is 15.4 Å². The summed E-state index contributed by atoms with van der Waals surface area (Å²) >= 11 is 0. The predicted octanol–water partition coefficient (Wildman–Crippen LogP) is 0.495. The first-order valence-electron chi connectivity index (χ1n) is 6.18. The highest BCUT2D eigenvalue weighted by molar-refractivity contribution is 5.87. The Morgan fingerprint density at radius 2 is 1.89 bits per heavy atom. The van der Waals surface area contributed by atoms with Crippen LogP contribution in [0.4, 0.5) is 0 Å². The SMILES string of the molecule is CN[C@@H](C)C(=O)N[C@@H](Cc1ccccc1)C(=O)OC. The normalized spacial score (nSPS) is 13.4. The van der Waals surface area contributed by atoms with Gasteiger partial charge in [0.25, 0.3) is 0 Å². The molecule has 0 unspecified atom stereocenters. The van der Waals surface area contributed by atoms with Crippen molar-refractivity contribution in [3.63, 3.8) is 0 Å². The van der Waals surface area contributed by atoms with E-state index in [4.69, 9.17) is 4.74 Å². The van der Waals surface area contributed by atoms with Crippen LogP contribution in [0, 0.1) is 0 Å². The number of carbonyl (C=O) groups excluding carboxylic acids is 2. The molecule has 0 heterocycles. The van der Waals surface area contributed by atoms with E-state index < -0.39 is 12.0 Å². The van der Waals surface area contributed by atoms with Crippen LogP contribution in [0.2, 0.25) is 0 Å². The van der Waals surface area contributed by atoms with Gasteiger partial charge in [0.2, 0.25) is 5.91 Å². The number of hydrogen-bond acceptors (Lipinski definition) is 4. The monoisotopic (exact) mass is 264 g/mol. The minimum atomic E-state index is -0.671. The van der Waals surface area contributed by atoms with Crippen molar-refractivity contribution in [1.29, 1.82) is 0 Å². The first-order chi connectivity index (χ1) is 9.08. The molecule has 1 aromatic carbocycles. The highest BCUT2D eigenvalue weighted by atomic mass is 16.5. The molecule has 2 atom stereocenters. The number of methoxy groups -OCH3 is 1. The number of esters is 1. The predicted molar refractivity (Wildman–Crippen MR) is 72.6 cm³/mol. The van der Waals surface area contributed by atoms with Crippen molar-refractivity contribution in [3.8, 4) is 0 Å². The lowest BCUT2D eigenvalue weighted by atomic mass is 10.1. The molecular weight excluding hydrogens is 244 g/mol. The van der Waals surface area contributed by atoms with Crippen molar-refractivity contribution in [2.45, 2.75) is 25.4 Å². The van der Waals surface area contributed by atoms with Crippen LogP contribution in [-0.2, 0) is 20.7 Å². The Kier molecular flexibility index (Phi) is 6.02. The van der Waals surface area contributed by atoms with Crippen LogP contribution < -0.4 is 10.6 Å². The number of benzene rings is 1. The third kappa shape index (κ3) is 4.71. The maximum Gasteiger partial charge on any atom is 0.328 e. The smallest absolute Gasteiger partial charge is 0.328 e. The summed E-state index contributed by atoms with van der Waals surface area (Å²) in [5, 5.41) is 5.52. The molecule has 0 aliphatic rings. The van der Waals surface area contributed by atoms with E-state index in [-0.39, 0.29) is 11.9 Å². The van der Waals surface area contributed by atoms with E-state index in [1.165, 1.54) is 7.11 Å². The number of ether oxygens (including phenoxy) is 1. The largest absolute Gasteiger partial charge is 0.467 e. The molecule has 1 amide bonds. The van der Waals surface area contributed by atoms with Crippen molar-refractivity contribution in [3.05, 3.63) is 35.9 Å². The second kappa shape index (κ2) is 7.53. The quantitative estimate of drug-likeness (QED) is 0.734. The fourth-order valence-electron chi connectivity index (χ4n) is 1.61. The summed E-state index contributed by atoms with van der Waals surface area (Å²) in [6, 6.07) is 8.47. The first kappa shape index (κ1) is 15.2. The maximum absolute atomic E-state index is 11.8. The fourth-order valence-corrected chi connectivity index (χ4v) is 1.61. The number of rotatable bonds is 6. The molecule has 19 heavy (non-hydrogen) atoms. The van der Waals surface area contributed by atoms with Crippen LogP contribution in [0.15, 0.2) is 30.3 Å². The molecule has 0 aromatic heterocycles. The standard InChI is InChI=1S/C14H20N2O3/c1-10(15-2)13(17)16-12(14(18)19-3)9-11-7-5-4-6-8-11/h4-8,10,12,15H,9H2,1-3H3,(H,16,17)/t10-,12-/m0/s1. The number of carbonyl (C=O) groups is 2. The Hall–Kier alpha value is -1.88. The van der Waals surface area contributed by atoms with Gasteiger partial charge in [-0.3, -0.25) is 4.79 Å². The van der Waals surface area contributed by atoms with Gasteiger partial charge in [0.1, 0.15) is 6.04 Å². The van der Waals surface area contributed by atoms with Gasteiger partial charge in [-0.2, -0.15) is 0 Å². The van der Waals surface area contributed by atoms with Crippen molar-refractivity contribution in [2.24, 2.45) is 0 Å². The van der Waals surface area contributed by atoms with E-state index in [1.54, 1.807) is 14.0 Å². The molecule has 1 rings (SSSR count). The Bertz CT molecular complexity index is 420. The van der Waals surface area contributed by atoms with Crippen LogP contribution in [0.1, 0.15) is 12.5 Å². The molecule has 0 radical (unpaired) electrons. The van der Waals surface area contributed by atoms with Gasteiger partial charge in [-0.1, -0.05) is 30.3 Å². The number of nitrogens with one attached hydrogen (secondary N) is 2. The van der Waals surface area contributed by atoms with E-state index >= 15 is 0 Å². The van der Waals surface area contributed by atoms with Gasteiger partial charge in [-0.25, -0.2) is 4.79 Å². The average Bonchev–Trinajstić information content (AvgIpc) is 2.45. The van der Waals surface area contributed by atoms with Gasteiger partial charge >= 0.3 is 5.97 Å². The summed E-state index contributed by atoms with van der Waals surface area (Å²) in [4.78, 5) is 23.5. The molecule has 1 aromatic rings. The molecule has 0 aliphatic carbocycles. The van der Waals surface area contributed by atoms with Gasteiger partial charge in [-0.15, -0.1) is 0 Å². The summed E-state index contributed by atoms with van der Waals surface area (Å²) in [5.74, 6) is -0.672. The van der Waals surface area contributed by atoms with E-state index in [1.807, 2.05) is 30.3 Å². The molecule has 0 spiro atoms. The van der Waals surface area contributed by atoms with Crippen molar-refractivity contribution in [2.75, 3.05) is 14.2 Å². The number of amides is 1. The Labute approximate surface area is 113 Å². The first-order valence-corrected chi connectivity index (χ1v) is 6.18. The topological polar surface area (TPSA) is 67.4 Å². The highest BCUT2D eigenvalue weighted by Gasteiger charge is 2.23. The van der Waals surface area contributed by atoms with Crippen molar-refractivity contribution < 1.29 is 14.3 Å². The van der Waals surface area contributed by atoms with E-state index in [0.29, 0.717) is 6.42 Å². The summed E-state index contributed by atoms with van der Waals surface area (Å²) in [6.07, 6.45) is 0.412. The molecular formula is C14H20N2O3. The van der Waals surface area contributed by atoms with E-state index in [2.05, 4.69) is 10.6 Å². The summed E-state index contributed by atoms with van der Waals surface area (Å²) < 4.78 is 4.72. The van der Waals surface area contributed by atoms with Crippen LogP contribution in [0.5, 0.6) is 0 Å². The molecule has 104 valence electrons. The van der Waals surface area contributed by atoms with Crippen LogP contribution in [0.3, 0.4) is 0 Å². The molecule has 0 bridgehead atoms. The summed E-state index contributed by atoms with van der Waals surface area (Å²) in [5.41, 5.74) is 0.968. The number of hydrogen-bond donors (Lipinski definition) is 2. The summed E-state index contributed by atoms with van der Waals surface area (Å²) in [7, 11) is 3.00. The second-order valence-corrected chi connectivity index (χ2v) is 4.28. The van der Waals surface area contributed by atoms with Gasteiger partial charge in [-0.05, 0) is 19.5 Å². The van der Waals surface area contributed by atoms with Gasteiger partial charge in [0, 0.05) is 6.42 Å². The molecule has 0 saturated carbocycles. The number of likely N-dealkylation sites (N-methyl/N-ethyl adjacent to an activating group) is 1. The van der Waals surface area contributed by atoms with Crippen molar-refractivity contribution >= 4 is 11.9 Å². The molecule has 5 heteroatoms. The van der Waals surface area contributed by atoms with E-state index in [0.717, 1.165) is 5.56 Å². The lowest BCUT2D eigenvalue weighted by molar-refractivity contribution is -0.145. The average molecular weight is 264 g/mol. The molecule has 2 N–H and O–H groups in total. The van der Waals surface area contributed by atoms with Crippen LogP contribution in [-0.4, -0.2) is 38.1 Å². The third-order valence-corrected chi connectivity index (χ3v) is 2.91. The van der Waals surface area contributed by atoms with Crippen LogP contribution in [0.25, 0.3) is 0 Å². The highest BCUT2D eigenvalue weighted by Crippen LogP contribution is 2.04. The maximum atomic E-state index is 11.8. The minimum Gasteiger partial charge on any atom is -0.467 e. The third-order valence-electron chi connectivity index (χ3n) is 2.91. The zero-order valence-corrected chi connectivity index (χ0v) is 11.5. The molecule has 0 fully saturated rings. The van der Waals surface area contributed by atoms with Gasteiger partial charge in [0.15, 0.2) is 0 Å². The summed E-state index contributed by atoms with van der Waals surface area (Å²) in [6.45, 7) is 1.73. The fraction of sp³-hybridized carbons (Fsp3) is 0.429. The molecule has 5 nitrogen and oxygen atoms in total. The molecule has 0 saturated heterocycles.